The van der Waals surface area contributed by atoms with Crippen molar-refractivity contribution in [2.24, 2.45) is 11.8 Å². The Morgan fingerprint density at radius 3 is 2.20 bits per heavy atom. The Hall–Kier alpha value is -5.56. The summed E-state index contributed by atoms with van der Waals surface area (Å²) in [6, 6.07) is 24.2. The van der Waals surface area contributed by atoms with Crippen LogP contribution in [0.15, 0.2) is 96.2 Å². The van der Waals surface area contributed by atoms with Gasteiger partial charge in [-0.15, -0.1) is 0 Å². The quantitative estimate of drug-likeness (QED) is 0.161. The highest BCUT2D eigenvalue weighted by molar-refractivity contribution is 7.90. The van der Waals surface area contributed by atoms with Crippen LogP contribution in [0.25, 0.3) is 22.3 Å². The van der Waals surface area contributed by atoms with E-state index < -0.39 is 40.3 Å². The third-order valence-corrected chi connectivity index (χ3v) is 11.5. The SMILES string of the molecule is Cc1ccc(S(=O)(=O)n2ccc3nc(N(CC(=O)C4CC(C)CN(C(=O)OCC5c6ccccc6-c6ccccc65)C4)C(=O)OC(C)(C)C)cnc32)cc1. The summed E-state index contributed by atoms with van der Waals surface area (Å²) in [6.07, 6.45) is 1.82. The summed E-state index contributed by atoms with van der Waals surface area (Å²) in [4.78, 5) is 52.9. The lowest BCUT2D eigenvalue weighted by atomic mass is 9.87. The Balaban J connectivity index is 1.08. The van der Waals surface area contributed by atoms with Crippen LogP contribution in [0.3, 0.4) is 0 Å². The Kier molecular flexibility index (Phi) is 9.77. The molecule has 0 bridgehead atoms. The Labute approximate surface area is 314 Å². The molecule has 54 heavy (non-hydrogen) atoms. The predicted molar refractivity (Wildman–Crippen MR) is 204 cm³/mol. The first kappa shape index (κ1) is 36.8. The minimum Gasteiger partial charge on any atom is -0.448 e. The number of Topliss-reactive ketones (excluding diaryl/α,β-unsaturated/α-hetero) is 1. The number of carbonyl (C=O) groups is 3. The minimum atomic E-state index is -3.99. The third kappa shape index (κ3) is 7.32. The van der Waals surface area contributed by atoms with Gasteiger partial charge in [-0.2, -0.15) is 0 Å². The van der Waals surface area contributed by atoms with Gasteiger partial charge >= 0.3 is 12.2 Å². The van der Waals surface area contributed by atoms with Gasteiger partial charge < -0.3 is 14.4 Å². The predicted octanol–water partition coefficient (Wildman–Crippen LogP) is 7.19. The summed E-state index contributed by atoms with van der Waals surface area (Å²) >= 11 is 0. The second kappa shape index (κ2) is 14.3. The number of ether oxygens (including phenoxy) is 2. The number of hydrogen-bond acceptors (Lipinski definition) is 9. The molecule has 3 heterocycles. The topological polar surface area (TPSA) is 141 Å². The molecule has 1 aliphatic heterocycles. The fourth-order valence-electron chi connectivity index (χ4n) is 7.29. The molecule has 1 saturated heterocycles. The fourth-order valence-corrected chi connectivity index (χ4v) is 8.58. The molecule has 0 N–H and O–H groups in total. The van der Waals surface area contributed by atoms with Crippen LogP contribution in [0, 0.1) is 18.8 Å². The van der Waals surface area contributed by atoms with Crippen LogP contribution in [0.4, 0.5) is 15.4 Å². The van der Waals surface area contributed by atoms with E-state index in [1.54, 1.807) is 37.8 Å². The summed E-state index contributed by atoms with van der Waals surface area (Å²) in [7, 11) is -3.99. The molecule has 5 aromatic rings. The number of aryl methyl sites for hydroxylation is 1. The molecule has 2 aromatic heterocycles. The Morgan fingerprint density at radius 1 is 0.907 bits per heavy atom. The van der Waals surface area contributed by atoms with E-state index >= 15 is 0 Å². The van der Waals surface area contributed by atoms with Crippen LogP contribution in [0.5, 0.6) is 0 Å². The van der Waals surface area contributed by atoms with E-state index in [-0.39, 0.29) is 52.6 Å². The van der Waals surface area contributed by atoms with Crippen molar-refractivity contribution in [2.45, 2.75) is 57.5 Å². The number of carbonyl (C=O) groups excluding carboxylic acids is 3. The largest absolute Gasteiger partial charge is 0.448 e. The monoisotopic (exact) mass is 749 g/mol. The van der Waals surface area contributed by atoms with E-state index in [2.05, 4.69) is 34.2 Å². The number of likely N-dealkylation sites (tertiary alicyclic amines) is 1. The zero-order chi connectivity index (χ0) is 38.4. The molecular weight excluding hydrogens is 707 g/mol. The molecule has 7 rings (SSSR count). The van der Waals surface area contributed by atoms with Gasteiger partial charge in [-0.05, 0) is 80.5 Å². The third-order valence-electron chi connectivity index (χ3n) is 9.83. The fraction of sp³-hybridized carbons (Fsp3) is 0.341. The molecule has 280 valence electrons. The minimum absolute atomic E-state index is 0.00505. The molecule has 2 aliphatic rings. The normalized spacial score (nSPS) is 17.2. The van der Waals surface area contributed by atoms with Gasteiger partial charge in [-0.25, -0.2) is 31.9 Å². The van der Waals surface area contributed by atoms with Crippen molar-refractivity contribution >= 4 is 45.0 Å². The van der Waals surface area contributed by atoms with Crippen molar-refractivity contribution in [3.63, 3.8) is 0 Å². The van der Waals surface area contributed by atoms with Crippen LogP contribution in [0.1, 0.15) is 56.7 Å². The Morgan fingerprint density at radius 2 is 1.56 bits per heavy atom. The highest BCUT2D eigenvalue weighted by atomic mass is 32.2. The van der Waals surface area contributed by atoms with Crippen LogP contribution in [0.2, 0.25) is 0 Å². The first-order valence-corrected chi connectivity index (χ1v) is 19.4. The van der Waals surface area contributed by atoms with E-state index in [9.17, 15) is 22.8 Å². The van der Waals surface area contributed by atoms with Gasteiger partial charge in [-0.3, -0.25) is 9.69 Å². The first-order valence-electron chi connectivity index (χ1n) is 18.0. The highest BCUT2D eigenvalue weighted by Gasteiger charge is 2.37. The van der Waals surface area contributed by atoms with Gasteiger partial charge in [0.25, 0.3) is 10.0 Å². The highest BCUT2D eigenvalue weighted by Crippen LogP contribution is 2.44. The number of benzene rings is 3. The number of hydrogen-bond donors (Lipinski definition) is 0. The molecule has 0 radical (unpaired) electrons. The number of ketones is 1. The smallest absolute Gasteiger partial charge is 0.416 e. The van der Waals surface area contributed by atoms with Gasteiger partial charge in [0, 0.05) is 31.1 Å². The molecule has 2 amide bonds. The number of fused-ring (bicyclic) bond motifs is 4. The van der Waals surface area contributed by atoms with Crippen molar-refractivity contribution in [1.29, 1.82) is 0 Å². The number of aromatic nitrogens is 3. The van der Waals surface area contributed by atoms with Crippen LogP contribution in [-0.2, 0) is 24.3 Å². The van der Waals surface area contributed by atoms with Gasteiger partial charge in [0.1, 0.15) is 17.7 Å². The molecule has 1 aliphatic carbocycles. The maximum Gasteiger partial charge on any atom is 0.416 e. The first-order chi connectivity index (χ1) is 25.7. The van der Waals surface area contributed by atoms with Gasteiger partial charge in [-0.1, -0.05) is 73.2 Å². The maximum atomic E-state index is 14.0. The van der Waals surface area contributed by atoms with Crippen molar-refractivity contribution in [2.75, 3.05) is 31.1 Å². The van der Waals surface area contributed by atoms with Crippen molar-refractivity contribution < 1.29 is 32.3 Å². The summed E-state index contributed by atoms with van der Waals surface area (Å²) in [6.45, 7) is 9.31. The van der Waals surface area contributed by atoms with E-state index in [0.717, 1.165) is 36.7 Å². The summed E-state index contributed by atoms with van der Waals surface area (Å²) in [5.74, 6) is -0.953. The molecule has 13 heteroatoms. The van der Waals surface area contributed by atoms with E-state index in [4.69, 9.17) is 9.47 Å². The zero-order valence-electron chi connectivity index (χ0n) is 30.9. The second-order valence-electron chi connectivity index (χ2n) is 15.1. The molecule has 2 unspecified atom stereocenters. The van der Waals surface area contributed by atoms with Crippen molar-refractivity contribution in [3.05, 3.63) is 108 Å². The average Bonchev–Trinajstić information content (AvgIpc) is 3.71. The summed E-state index contributed by atoms with van der Waals surface area (Å²) in [5, 5.41) is 0. The lowest BCUT2D eigenvalue weighted by Crippen LogP contribution is -2.49. The zero-order valence-corrected chi connectivity index (χ0v) is 31.7. The van der Waals surface area contributed by atoms with Crippen molar-refractivity contribution in [1.82, 2.24) is 18.8 Å². The van der Waals surface area contributed by atoms with Crippen LogP contribution >= 0.6 is 0 Å². The molecule has 3 aromatic carbocycles. The number of amides is 2. The van der Waals surface area contributed by atoms with E-state index in [0.29, 0.717) is 13.0 Å². The number of anilines is 1. The summed E-state index contributed by atoms with van der Waals surface area (Å²) in [5.41, 5.74) is 4.79. The molecule has 2 atom stereocenters. The molecule has 0 saturated carbocycles. The lowest BCUT2D eigenvalue weighted by Gasteiger charge is -2.36. The molecule has 1 fully saturated rings. The van der Waals surface area contributed by atoms with Gasteiger partial charge in [0.2, 0.25) is 0 Å². The molecule has 0 spiro atoms. The Bertz CT molecular complexity index is 2300. The summed E-state index contributed by atoms with van der Waals surface area (Å²) < 4.78 is 39.6. The van der Waals surface area contributed by atoms with Gasteiger partial charge in [0.05, 0.1) is 17.6 Å². The lowest BCUT2D eigenvalue weighted by molar-refractivity contribution is -0.123. The molecule has 12 nitrogen and oxygen atoms in total. The van der Waals surface area contributed by atoms with Crippen molar-refractivity contribution in [3.8, 4) is 11.1 Å². The number of nitrogens with zero attached hydrogens (tertiary/aromatic N) is 5. The second-order valence-corrected chi connectivity index (χ2v) is 17.0. The van der Waals surface area contributed by atoms with Crippen LogP contribution in [-0.4, -0.2) is 77.1 Å². The molecular formula is C41H43N5O7S. The van der Waals surface area contributed by atoms with Crippen LogP contribution < -0.4 is 4.90 Å². The van der Waals surface area contributed by atoms with E-state index in [1.807, 2.05) is 38.1 Å². The average molecular weight is 750 g/mol. The van der Waals surface area contributed by atoms with E-state index in [1.165, 1.54) is 30.6 Å². The number of rotatable bonds is 8. The van der Waals surface area contributed by atoms with Gasteiger partial charge in [0.15, 0.2) is 17.2 Å². The maximum absolute atomic E-state index is 14.0. The standard InChI is InChI=1S/C41H43N5O7S/c1-26-14-16-29(17-15-26)54(50,51)46-19-18-35-38(46)42-21-37(43-35)45(40(49)53-41(3,4)5)24-36(47)28-20-27(2)22-44(23-28)39(48)52-25-34-32-12-8-6-10-30(32)31-11-7-9-13-33(31)34/h6-19,21,27-28,34H,20,22-25H2,1-5H3. The number of piperidine rings is 1.